The smallest absolute Gasteiger partial charge is 0.255 e. The number of β-amino-alcohol motifs (C(OH)–C–C–N with tert-alkyl or cyclic N) is 1. The lowest BCUT2D eigenvalue weighted by molar-refractivity contribution is 0.0668. The number of aryl methyl sites for hydroxylation is 2. The van der Waals surface area contributed by atoms with E-state index in [1.165, 1.54) is 0 Å². The molecular formula is C30H32N4O3. The SMILES string of the molecule is Cc1cn(-c2cc(CN3CCC[C@H](O)C3)cc(NC(=O)c3ccc(C)c(Oc4ccccc4)c3)c2)cn1. The number of hydrogen-bond donors (Lipinski definition) is 2. The topological polar surface area (TPSA) is 79.6 Å². The number of aliphatic hydroxyl groups excluding tert-OH is 1. The van der Waals surface area contributed by atoms with Crippen LogP contribution in [0.3, 0.4) is 0 Å². The summed E-state index contributed by atoms with van der Waals surface area (Å²) in [6.07, 6.45) is 5.27. The Bertz CT molecular complexity index is 1380. The van der Waals surface area contributed by atoms with Crippen molar-refractivity contribution in [2.24, 2.45) is 0 Å². The number of hydrogen-bond acceptors (Lipinski definition) is 5. The highest BCUT2D eigenvalue weighted by Crippen LogP contribution is 2.27. The summed E-state index contributed by atoms with van der Waals surface area (Å²) in [4.78, 5) is 19.9. The van der Waals surface area contributed by atoms with Crippen LogP contribution >= 0.6 is 0 Å². The quantitative estimate of drug-likeness (QED) is 0.354. The largest absolute Gasteiger partial charge is 0.457 e. The third-order valence-electron chi connectivity index (χ3n) is 6.55. The first-order chi connectivity index (χ1) is 17.9. The van der Waals surface area contributed by atoms with E-state index in [9.17, 15) is 9.90 Å². The fraction of sp³-hybridized carbons (Fsp3) is 0.267. The van der Waals surface area contributed by atoms with Gasteiger partial charge in [-0.3, -0.25) is 9.69 Å². The van der Waals surface area contributed by atoms with Gasteiger partial charge in [0.05, 0.1) is 18.1 Å². The lowest BCUT2D eigenvalue weighted by atomic mass is 10.1. The van der Waals surface area contributed by atoms with Crippen molar-refractivity contribution in [3.8, 4) is 17.2 Å². The molecule has 0 unspecified atom stereocenters. The molecule has 190 valence electrons. The molecule has 4 aromatic rings. The molecule has 3 aromatic carbocycles. The molecule has 1 saturated heterocycles. The van der Waals surface area contributed by atoms with Crippen molar-refractivity contribution in [2.45, 2.75) is 39.3 Å². The van der Waals surface area contributed by atoms with Crippen LogP contribution in [0.4, 0.5) is 5.69 Å². The van der Waals surface area contributed by atoms with Gasteiger partial charge in [-0.15, -0.1) is 0 Å². The zero-order valence-corrected chi connectivity index (χ0v) is 21.2. The first-order valence-corrected chi connectivity index (χ1v) is 12.6. The normalized spacial score (nSPS) is 15.9. The Morgan fingerprint density at radius 1 is 1.11 bits per heavy atom. The van der Waals surface area contributed by atoms with Gasteiger partial charge in [0.2, 0.25) is 0 Å². The molecule has 0 saturated carbocycles. The third-order valence-corrected chi connectivity index (χ3v) is 6.55. The van der Waals surface area contributed by atoms with Crippen LogP contribution in [-0.2, 0) is 6.54 Å². The van der Waals surface area contributed by atoms with Crippen molar-refractivity contribution >= 4 is 11.6 Å². The molecule has 1 fully saturated rings. The Morgan fingerprint density at radius 2 is 1.95 bits per heavy atom. The predicted molar refractivity (Wildman–Crippen MR) is 144 cm³/mol. The minimum absolute atomic E-state index is 0.212. The van der Waals surface area contributed by atoms with Gasteiger partial charge in [0, 0.05) is 36.2 Å². The number of ether oxygens (including phenoxy) is 1. The van der Waals surface area contributed by atoms with Crippen molar-refractivity contribution in [2.75, 3.05) is 18.4 Å². The van der Waals surface area contributed by atoms with Gasteiger partial charge in [0.25, 0.3) is 5.91 Å². The predicted octanol–water partition coefficient (Wildman–Crippen LogP) is 5.49. The van der Waals surface area contributed by atoms with Crippen LogP contribution in [0.2, 0.25) is 0 Å². The summed E-state index contributed by atoms with van der Waals surface area (Å²) in [5.74, 6) is 1.15. The molecule has 2 N–H and O–H groups in total. The van der Waals surface area contributed by atoms with Crippen LogP contribution in [0.5, 0.6) is 11.5 Å². The summed E-state index contributed by atoms with van der Waals surface area (Å²) in [7, 11) is 0. The molecule has 1 amide bonds. The minimum atomic E-state index is -0.291. The van der Waals surface area contributed by atoms with Gasteiger partial charge < -0.3 is 19.7 Å². The van der Waals surface area contributed by atoms with Gasteiger partial charge in [0.15, 0.2) is 0 Å². The third kappa shape index (κ3) is 6.25. The van der Waals surface area contributed by atoms with Crippen LogP contribution in [0.15, 0.2) is 79.3 Å². The summed E-state index contributed by atoms with van der Waals surface area (Å²) in [5, 5.41) is 13.2. The molecule has 37 heavy (non-hydrogen) atoms. The molecule has 7 heteroatoms. The fourth-order valence-corrected chi connectivity index (χ4v) is 4.65. The summed E-state index contributed by atoms with van der Waals surface area (Å²) in [6, 6.07) is 21.1. The number of aromatic nitrogens is 2. The number of amides is 1. The van der Waals surface area contributed by atoms with Crippen LogP contribution in [0.25, 0.3) is 5.69 Å². The van der Waals surface area contributed by atoms with Gasteiger partial charge in [-0.05, 0) is 86.8 Å². The van der Waals surface area contributed by atoms with Crippen molar-refractivity contribution in [1.82, 2.24) is 14.5 Å². The number of benzene rings is 3. The van der Waals surface area contributed by atoms with Crippen molar-refractivity contribution in [3.05, 3.63) is 102 Å². The Balaban J connectivity index is 1.40. The van der Waals surface area contributed by atoms with Gasteiger partial charge in [-0.1, -0.05) is 24.3 Å². The van der Waals surface area contributed by atoms with E-state index in [1.807, 2.05) is 79.2 Å². The van der Waals surface area contributed by atoms with Crippen molar-refractivity contribution < 1.29 is 14.6 Å². The lowest BCUT2D eigenvalue weighted by Crippen LogP contribution is -2.37. The number of aliphatic hydroxyl groups is 1. The lowest BCUT2D eigenvalue weighted by Gasteiger charge is -2.30. The van der Waals surface area contributed by atoms with E-state index in [2.05, 4.69) is 21.3 Å². The Kier molecular flexibility index (Phi) is 7.35. The Labute approximate surface area is 217 Å². The van der Waals surface area contributed by atoms with Crippen LogP contribution < -0.4 is 10.1 Å². The molecule has 0 radical (unpaired) electrons. The number of nitrogens with zero attached hydrogens (tertiary/aromatic N) is 3. The molecular weight excluding hydrogens is 464 g/mol. The molecule has 5 rings (SSSR count). The van der Waals surface area contributed by atoms with Crippen molar-refractivity contribution in [1.29, 1.82) is 0 Å². The molecule has 7 nitrogen and oxygen atoms in total. The van der Waals surface area contributed by atoms with E-state index in [0.717, 1.165) is 47.6 Å². The molecule has 0 bridgehead atoms. The average Bonchev–Trinajstić information content (AvgIpc) is 3.32. The number of imidazole rings is 1. The van der Waals surface area contributed by atoms with Gasteiger partial charge in [0.1, 0.15) is 11.5 Å². The molecule has 0 spiro atoms. The minimum Gasteiger partial charge on any atom is -0.457 e. The maximum atomic E-state index is 13.3. The number of carbonyl (C=O) groups is 1. The number of para-hydroxylation sites is 1. The van der Waals surface area contributed by atoms with Gasteiger partial charge >= 0.3 is 0 Å². The van der Waals surface area contributed by atoms with Gasteiger partial charge in [-0.2, -0.15) is 0 Å². The van der Waals surface area contributed by atoms with E-state index in [1.54, 1.807) is 12.4 Å². The number of piperidine rings is 1. The first kappa shape index (κ1) is 24.7. The zero-order chi connectivity index (χ0) is 25.8. The molecule has 1 aliphatic heterocycles. The molecule has 1 aromatic heterocycles. The molecule has 0 aliphatic carbocycles. The first-order valence-electron chi connectivity index (χ1n) is 12.6. The summed E-state index contributed by atoms with van der Waals surface area (Å²) in [6.45, 7) is 6.20. The number of nitrogens with one attached hydrogen (secondary N) is 1. The van der Waals surface area contributed by atoms with E-state index in [-0.39, 0.29) is 12.0 Å². The number of rotatable bonds is 7. The number of carbonyl (C=O) groups excluding carboxylic acids is 1. The van der Waals surface area contributed by atoms with Crippen molar-refractivity contribution in [3.63, 3.8) is 0 Å². The standard InChI is InChI=1S/C30H32N4O3/c1-21-10-11-24(15-29(21)37-28-8-4-3-5-9-28)30(36)32-25-13-23(18-33-12-6-7-27(35)19-33)14-26(16-25)34-17-22(2)31-20-34/h3-5,8-11,13-17,20,27,35H,6-7,12,18-19H2,1-2H3,(H,32,36)/t27-/m0/s1. The average molecular weight is 497 g/mol. The van der Waals surface area contributed by atoms with E-state index >= 15 is 0 Å². The van der Waals surface area contributed by atoms with E-state index < -0.39 is 0 Å². The highest BCUT2D eigenvalue weighted by atomic mass is 16.5. The molecule has 1 atom stereocenters. The highest BCUT2D eigenvalue weighted by molar-refractivity contribution is 6.04. The summed E-state index contributed by atoms with van der Waals surface area (Å²) in [5.41, 5.74) is 5.06. The van der Waals surface area contributed by atoms with Crippen LogP contribution in [-0.4, -0.2) is 44.7 Å². The van der Waals surface area contributed by atoms with E-state index in [0.29, 0.717) is 30.1 Å². The summed E-state index contributed by atoms with van der Waals surface area (Å²) < 4.78 is 7.98. The Hall–Kier alpha value is -3.94. The Morgan fingerprint density at radius 3 is 2.70 bits per heavy atom. The monoisotopic (exact) mass is 496 g/mol. The van der Waals surface area contributed by atoms with Gasteiger partial charge in [-0.25, -0.2) is 4.98 Å². The maximum Gasteiger partial charge on any atom is 0.255 e. The second-order valence-corrected chi connectivity index (χ2v) is 9.69. The summed E-state index contributed by atoms with van der Waals surface area (Å²) >= 11 is 0. The number of likely N-dealkylation sites (tertiary alicyclic amines) is 1. The van der Waals surface area contributed by atoms with E-state index in [4.69, 9.17) is 4.74 Å². The number of anilines is 1. The second-order valence-electron chi connectivity index (χ2n) is 9.69. The highest BCUT2D eigenvalue weighted by Gasteiger charge is 2.19. The van der Waals surface area contributed by atoms with Crippen LogP contribution in [0, 0.1) is 13.8 Å². The fourth-order valence-electron chi connectivity index (χ4n) is 4.65. The van der Waals surface area contributed by atoms with Crippen LogP contribution in [0.1, 0.15) is 40.0 Å². The second kappa shape index (κ2) is 11.0. The maximum absolute atomic E-state index is 13.3. The zero-order valence-electron chi connectivity index (χ0n) is 21.2. The molecule has 1 aliphatic rings. The molecule has 2 heterocycles.